The molecule has 0 aliphatic heterocycles. The highest BCUT2D eigenvalue weighted by Crippen LogP contribution is 2.12. The fourth-order valence-electron chi connectivity index (χ4n) is 1.84. The number of nitrogens with one attached hydrogen (secondary N) is 1. The third-order valence-electron chi connectivity index (χ3n) is 2.86. The van der Waals surface area contributed by atoms with Crippen LogP contribution in [0.4, 0.5) is 0 Å². The van der Waals surface area contributed by atoms with Crippen molar-refractivity contribution in [2.45, 2.75) is 13.0 Å². The van der Waals surface area contributed by atoms with Crippen molar-refractivity contribution < 1.29 is 14.3 Å². The Balaban J connectivity index is 1.98. The van der Waals surface area contributed by atoms with Gasteiger partial charge in [0.1, 0.15) is 11.5 Å². The Morgan fingerprint density at radius 1 is 1.30 bits per heavy atom. The van der Waals surface area contributed by atoms with Crippen molar-refractivity contribution in [3.63, 3.8) is 0 Å². The third kappa shape index (κ3) is 3.83. The van der Waals surface area contributed by atoms with Crippen molar-refractivity contribution in [1.29, 1.82) is 0 Å². The van der Waals surface area contributed by atoms with E-state index in [4.69, 9.17) is 4.42 Å². The van der Waals surface area contributed by atoms with Gasteiger partial charge in [0.2, 0.25) is 5.91 Å². The highest BCUT2D eigenvalue weighted by atomic mass is 16.3. The van der Waals surface area contributed by atoms with Crippen LogP contribution in [0.1, 0.15) is 23.1 Å². The summed E-state index contributed by atoms with van der Waals surface area (Å²) in [4.78, 5) is 11.8. The van der Waals surface area contributed by atoms with E-state index >= 15 is 0 Å². The van der Waals surface area contributed by atoms with E-state index in [1.807, 2.05) is 43.3 Å². The van der Waals surface area contributed by atoms with Gasteiger partial charge in [-0.3, -0.25) is 4.79 Å². The Bertz CT molecular complexity index is 587. The predicted octanol–water partition coefficient (Wildman–Crippen LogP) is 2.45. The summed E-state index contributed by atoms with van der Waals surface area (Å²) < 4.78 is 5.33. The fourth-order valence-corrected chi connectivity index (χ4v) is 1.84. The van der Waals surface area contributed by atoms with Crippen LogP contribution in [0.3, 0.4) is 0 Å². The van der Waals surface area contributed by atoms with Gasteiger partial charge < -0.3 is 14.8 Å². The maximum atomic E-state index is 11.8. The van der Waals surface area contributed by atoms with E-state index in [1.165, 1.54) is 6.08 Å². The number of benzene rings is 1. The Labute approximate surface area is 117 Å². The van der Waals surface area contributed by atoms with E-state index in [0.29, 0.717) is 5.76 Å². The molecule has 1 heterocycles. The first kappa shape index (κ1) is 14.1. The average molecular weight is 271 g/mol. The van der Waals surface area contributed by atoms with Gasteiger partial charge in [-0.2, -0.15) is 0 Å². The van der Waals surface area contributed by atoms with Gasteiger partial charge >= 0.3 is 0 Å². The molecule has 2 rings (SSSR count). The molecule has 104 valence electrons. The molecular weight excluding hydrogens is 254 g/mol. The van der Waals surface area contributed by atoms with Crippen LogP contribution in [0.15, 0.2) is 53.0 Å². The normalized spacial score (nSPS) is 12.5. The second kappa shape index (κ2) is 6.73. The molecule has 0 saturated carbocycles. The molecule has 1 atom stereocenters. The number of amides is 1. The zero-order chi connectivity index (χ0) is 14.4. The minimum Gasteiger partial charge on any atom is -0.462 e. The Morgan fingerprint density at radius 3 is 2.65 bits per heavy atom. The van der Waals surface area contributed by atoms with E-state index in [1.54, 1.807) is 12.1 Å². The molecule has 0 aliphatic carbocycles. The van der Waals surface area contributed by atoms with Crippen LogP contribution in [0, 0.1) is 6.92 Å². The maximum absolute atomic E-state index is 11.8. The number of carbonyl (C=O) groups is 1. The highest BCUT2D eigenvalue weighted by molar-refractivity contribution is 5.91. The minimum atomic E-state index is -0.410. The second-order valence-electron chi connectivity index (χ2n) is 4.44. The SMILES string of the molecule is Cc1ccc(C=CC(=O)NC(CO)c2ccccc2)o1. The van der Waals surface area contributed by atoms with Gasteiger partial charge in [0.05, 0.1) is 12.6 Å². The van der Waals surface area contributed by atoms with Crippen molar-refractivity contribution in [1.82, 2.24) is 5.32 Å². The molecule has 0 saturated heterocycles. The summed E-state index contributed by atoms with van der Waals surface area (Å²) >= 11 is 0. The van der Waals surface area contributed by atoms with Crippen LogP contribution >= 0.6 is 0 Å². The molecular formula is C16H17NO3. The Hall–Kier alpha value is -2.33. The van der Waals surface area contributed by atoms with Crippen molar-refractivity contribution in [3.05, 3.63) is 65.6 Å². The van der Waals surface area contributed by atoms with Crippen molar-refractivity contribution in [3.8, 4) is 0 Å². The first-order valence-electron chi connectivity index (χ1n) is 6.40. The summed E-state index contributed by atoms with van der Waals surface area (Å²) in [5, 5.41) is 12.1. The standard InChI is InChI=1S/C16H17NO3/c1-12-7-8-14(20-12)9-10-16(19)17-15(11-18)13-5-3-2-4-6-13/h2-10,15,18H,11H2,1H3,(H,17,19). The first-order valence-corrected chi connectivity index (χ1v) is 6.40. The second-order valence-corrected chi connectivity index (χ2v) is 4.44. The monoisotopic (exact) mass is 271 g/mol. The third-order valence-corrected chi connectivity index (χ3v) is 2.86. The lowest BCUT2D eigenvalue weighted by Crippen LogP contribution is -2.29. The number of hydrogen-bond donors (Lipinski definition) is 2. The predicted molar refractivity (Wildman–Crippen MR) is 76.9 cm³/mol. The average Bonchev–Trinajstić information content (AvgIpc) is 2.89. The van der Waals surface area contributed by atoms with Gasteiger partial charge in [0.15, 0.2) is 0 Å². The van der Waals surface area contributed by atoms with E-state index in [9.17, 15) is 9.90 Å². The molecule has 0 fully saturated rings. The number of furan rings is 1. The number of carbonyl (C=O) groups excluding carboxylic acids is 1. The Kier molecular flexibility index (Phi) is 4.74. The lowest BCUT2D eigenvalue weighted by Gasteiger charge is -2.15. The number of aliphatic hydroxyl groups is 1. The number of aryl methyl sites for hydroxylation is 1. The molecule has 2 N–H and O–H groups in total. The summed E-state index contributed by atoms with van der Waals surface area (Å²) in [6.45, 7) is 1.69. The Morgan fingerprint density at radius 2 is 2.05 bits per heavy atom. The smallest absolute Gasteiger partial charge is 0.244 e. The molecule has 1 aromatic carbocycles. The summed E-state index contributed by atoms with van der Waals surface area (Å²) in [6.07, 6.45) is 2.99. The molecule has 1 unspecified atom stereocenters. The largest absolute Gasteiger partial charge is 0.462 e. The van der Waals surface area contributed by atoms with E-state index in [-0.39, 0.29) is 12.5 Å². The molecule has 1 amide bonds. The number of aliphatic hydroxyl groups excluding tert-OH is 1. The topological polar surface area (TPSA) is 62.5 Å². The van der Waals surface area contributed by atoms with Crippen LogP contribution in [0.5, 0.6) is 0 Å². The molecule has 2 aromatic rings. The van der Waals surface area contributed by atoms with Crippen molar-refractivity contribution in [2.24, 2.45) is 0 Å². The van der Waals surface area contributed by atoms with Gasteiger partial charge in [0.25, 0.3) is 0 Å². The fraction of sp³-hybridized carbons (Fsp3) is 0.188. The van der Waals surface area contributed by atoms with Crippen molar-refractivity contribution in [2.75, 3.05) is 6.61 Å². The number of rotatable bonds is 5. The molecule has 0 bridgehead atoms. The number of hydrogen-bond acceptors (Lipinski definition) is 3. The van der Waals surface area contributed by atoms with Gasteiger partial charge in [0, 0.05) is 6.08 Å². The quantitative estimate of drug-likeness (QED) is 0.821. The molecule has 4 nitrogen and oxygen atoms in total. The van der Waals surface area contributed by atoms with E-state index < -0.39 is 6.04 Å². The molecule has 20 heavy (non-hydrogen) atoms. The molecule has 0 spiro atoms. The molecule has 1 aromatic heterocycles. The summed E-state index contributed by atoms with van der Waals surface area (Å²) in [6, 6.07) is 12.6. The van der Waals surface area contributed by atoms with Gasteiger partial charge in [-0.15, -0.1) is 0 Å². The van der Waals surface area contributed by atoms with E-state index in [0.717, 1.165) is 11.3 Å². The highest BCUT2D eigenvalue weighted by Gasteiger charge is 2.11. The minimum absolute atomic E-state index is 0.149. The zero-order valence-electron chi connectivity index (χ0n) is 11.2. The summed E-state index contributed by atoms with van der Waals surface area (Å²) in [5.41, 5.74) is 0.866. The molecule has 0 radical (unpaired) electrons. The molecule has 4 heteroatoms. The lowest BCUT2D eigenvalue weighted by atomic mass is 10.1. The lowest BCUT2D eigenvalue weighted by molar-refractivity contribution is -0.117. The van der Waals surface area contributed by atoms with Crippen LogP contribution in [-0.2, 0) is 4.79 Å². The van der Waals surface area contributed by atoms with Crippen LogP contribution < -0.4 is 5.32 Å². The van der Waals surface area contributed by atoms with Crippen molar-refractivity contribution >= 4 is 12.0 Å². The van der Waals surface area contributed by atoms with Crippen LogP contribution in [-0.4, -0.2) is 17.6 Å². The maximum Gasteiger partial charge on any atom is 0.244 e. The van der Waals surface area contributed by atoms with Gasteiger partial charge in [-0.05, 0) is 30.7 Å². The van der Waals surface area contributed by atoms with Crippen LogP contribution in [0.2, 0.25) is 0 Å². The van der Waals surface area contributed by atoms with Crippen LogP contribution in [0.25, 0.3) is 6.08 Å². The zero-order valence-corrected chi connectivity index (χ0v) is 11.2. The molecule has 0 aliphatic rings. The first-order chi connectivity index (χ1) is 9.69. The van der Waals surface area contributed by atoms with Gasteiger partial charge in [-0.1, -0.05) is 30.3 Å². The van der Waals surface area contributed by atoms with E-state index in [2.05, 4.69) is 5.32 Å². The summed E-state index contributed by atoms with van der Waals surface area (Å²) in [7, 11) is 0. The van der Waals surface area contributed by atoms with Gasteiger partial charge in [-0.25, -0.2) is 0 Å². The summed E-state index contributed by atoms with van der Waals surface area (Å²) in [5.74, 6) is 1.14.